The van der Waals surface area contributed by atoms with E-state index >= 15 is 4.39 Å². The summed E-state index contributed by atoms with van der Waals surface area (Å²) >= 11 is 0. The Kier molecular flexibility index (Phi) is 22.9. The van der Waals surface area contributed by atoms with Gasteiger partial charge in [-0.05, 0) is 154 Å². The number of hydrogen-bond acceptors (Lipinski definition) is 14. The number of benzene rings is 3. The van der Waals surface area contributed by atoms with Crippen LogP contribution in [0, 0.1) is 30.0 Å². The number of esters is 1. The number of anilines is 1. The minimum atomic E-state index is -2.06. The number of carbonyl (C=O) groups is 8. The van der Waals surface area contributed by atoms with Crippen molar-refractivity contribution in [2.75, 3.05) is 50.8 Å². The van der Waals surface area contributed by atoms with Crippen molar-refractivity contribution in [2.45, 2.75) is 181 Å². The normalized spacial score (nSPS) is 18.3. The summed E-state index contributed by atoms with van der Waals surface area (Å²) in [6.07, 6.45) is 9.63. The molecule has 3 aromatic carbocycles. The maximum atomic E-state index is 15.6. The van der Waals surface area contributed by atoms with E-state index in [1.165, 1.54) is 10.6 Å². The summed E-state index contributed by atoms with van der Waals surface area (Å²) in [6, 6.07) is 15.9. The van der Waals surface area contributed by atoms with E-state index in [4.69, 9.17) is 20.2 Å². The molecule has 1 saturated carbocycles. The summed E-state index contributed by atoms with van der Waals surface area (Å²) in [5.74, 6) is -4.25. The molecule has 3 aliphatic heterocycles. The molecule has 97 heavy (non-hydrogen) atoms. The monoisotopic (exact) mass is 1330 g/mol. The molecule has 5 heterocycles. The summed E-state index contributed by atoms with van der Waals surface area (Å²) in [7, 11) is 0. The number of nitrogens with one attached hydrogen (secondary N) is 5. The van der Waals surface area contributed by atoms with Crippen LogP contribution in [0.15, 0.2) is 72.0 Å². The highest BCUT2D eigenvalue weighted by molar-refractivity contribution is 5.97. The van der Waals surface area contributed by atoms with E-state index in [0.717, 1.165) is 72.9 Å². The Morgan fingerprint density at radius 2 is 1.60 bits per heavy atom. The maximum absolute atomic E-state index is 15.6. The molecule has 5 aromatic rings. The highest BCUT2D eigenvalue weighted by atomic mass is 19.1. The standard InChI is InChI=1S/C74H93FN10O12/c1-7-46-16-10-11-18-49(46)41-84(58-20-13-12-17-47(58)8-2)63(89)25-33-77-68(90)48-23-28-73(29-24-48)30-34-83(35-31-73)62(88)27-37-96-36-26-60(86)82-66(44(4)5)70(92)81-56(19-14-15-32-76)69(91)78-40-61(87)79-55-22-21-50-45(6)54(75)39-57-64(50)65(55)51-42-85-59(67(51)80-57)38-53-52(71(85)93)43-97-72(94)74(53,95)9-3/h7,10-13,16-18,20,38-39,44,48,55-56,66,95H,1,8-9,14-15,19,21-37,40-43,76H2,2-6H3,(H,77,90)(H,78,91)(H,79,87)(H,81,92)(H,82,86)/t55-,56-,66-,74-/m0/s1. The first-order valence-corrected chi connectivity index (χ1v) is 34.5. The van der Waals surface area contributed by atoms with Gasteiger partial charge in [-0.3, -0.25) is 38.4 Å². The zero-order valence-corrected chi connectivity index (χ0v) is 56.5. The summed E-state index contributed by atoms with van der Waals surface area (Å²) < 4.78 is 28.1. The zero-order valence-electron chi connectivity index (χ0n) is 56.5. The van der Waals surface area contributed by atoms with E-state index in [1.807, 2.05) is 58.3 Å². The van der Waals surface area contributed by atoms with Gasteiger partial charge >= 0.3 is 5.97 Å². The van der Waals surface area contributed by atoms with Crippen molar-refractivity contribution in [2.24, 2.45) is 23.0 Å². The number of hydrogen-bond donors (Lipinski definition) is 7. The van der Waals surface area contributed by atoms with Crippen molar-refractivity contribution >= 4 is 70.0 Å². The van der Waals surface area contributed by atoms with Crippen molar-refractivity contribution in [3.63, 3.8) is 0 Å². The quantitative estimate of drug-likeness (QED) is 0.0192. The molecule has 8 N–H and O–H groups in total. The van der Waals surface area contributed by atoms with Crippen LogP contribution < -0.4 is 42.8 Å². The number of piperidine rings is 1. The average Bonchev–Trinajstić information content (AvgIpc) is 1.61. The number of fused-ring (bicyclic) bond motifs is 5. The molecular formula is C74H93FN10O12. The number of nitrogens with zero attached hydrogens (tertiary/aromatic N) is 4. The molecule has 7 amide bonds. The first-order valence-electron chi connectivity index (χ1n) is 34.5. The van der Waals surface area contributed by atoms with E-state index in [2.05, 4.69) is 40.1 Å². The number of halogens is 1. The van der Waals surface area contributed by atoms with Crippen LogP contribution in [0.2, 0.25) is 0 Å². The largest absolute Gasteiger partial charge is 0.458 e. The highest BCUT2D eigenvalue weighted by Crippen LogP contribution is 2.48. The number of unbranched alkanes of at least 4 members (excludes halogenated alkanes) is 1. The minimum absolute atomic E-state index is 0.00162. The lowest BCUT2D eigenvalue weighted by Gasteiger charge is -2.45. The third-order valence-corrected chi connectivity index (χ3v) is 20.7. The summed E-state index contributed by atoms with van der Waals surface area (Å²) in [4.78, 5) is 132. The average molecular weight is 1330 g/mol. The number of carbonyl (C=O) groups excluding carboxylic acids is 8. The number of para-hydroxylation sites is 1. The Balaban J connectivity index is 0.655. The van der Waals surface area contributed by atoms with Crippen LogP contribution in [-0.4, -0.2) is 125 Å². The molecular weight excluding hydrogens is 1240 g/mol. The number of rotatable bonds is 28. The van der Waals surface area contributed by atoms with Crippen LogP contribution in [0.1, 0.15) is 174 Å². The van der Waals surface area contributed by atoms with Gasteiger partial charge in [0.1, 0.15) is 24.5 Å². The number of amides is 7. The fraction of sp³-hybridized carbons (Fsp3) is 0.514. The van der Waals surface area contributed by atoms with Crippen molar-refractivity contribution in [3.8, 4) is 11.4 Å². The summed E-state index contributed by atoms with van der Waals surface area (Å²) in [5.41, 5.74) is 10.9. The fourth-order valence-corrected chi connectivity index (χ4v) is 14.8. The highest BCUT2D eigenvalue weighted by Gasteiger charge is 2.47. The van der Waals surface area contributed by atoms with Crippen molar-refractivity contribution in [1.29, 1.82) is 0 Å². The fourth-order valence-electron chi connectivity index (χ4n) is 14.8. The van der Waals surface area contributed by atoms with Gasteiger partial charge in [0.15, 0.2) is 5.60 Å². The van der Waals surface area contributed by atoms with E-state index in [-0.39, 0.29) is 105 Å². The lowest BCUT2D eigenvalue weighted by molar-refractivity contribution is -0.172. The second-order valence-corrected chi connectivity index (χ2v) is 27.0. The van der Waals surface area contributed by atoms with Crippen LogP contribution in [0.4, 0.5) is 10.1 Å². The zero-order chi connectivity index (χ0) is 69.3. The van der Waals surface area contributed by atoms with Gasteiger partial charge in [0, 0.05) is 66.7 Å². The van der Waals surface area contributed by atoms with Crippen LogP contribution in [0.25, 0.3) is 28.4 Å². The molecule has 1 spiro atoms. The molecule has 2 aliphatic carbocycles. The predicted molar refractivity (Wildman–Crippen MR) is 364 cm³/mol. The Morgan fingerprint density at radius 1 is 0.876 bits per heavy atom. The van der Waals surface area contributed by atoms with Crippen molar-refractivity contribution in [1.82, 2.24) is 41.0 Å². The molecule has 1 saturated heterocycles. The van der Waals surface area contributed by atoms with Gasteiger partial charge in [-0.2, -0.15) is 0 Å². The Bertz CT molecular complexity index is 3910. The van der Waals surface area contributed by atoms with Gasteiger partial charge in [-0.25, -0.2) is 14.2 Å². The smallest absolute Gasteiger partial charge is 0.343 e. The summed E-state index contributed by atoms with van der Waals surface area (Å²) in [5, 5.41) is 26.5. The van der Waals surface area contributed by atoms with Gasteiger partial charge in [0.2, 0.25) is 41.4 Å². The molecule has 2 aromatic heterocycles. The lowest BCUT2D eigenvalue weighted by atomic mass is 9.65. The van der Waals surface area contributed by atoms with Gasteiger partial charge in [-0.1, -0.05) is 82.8 Å². The molecule has 22 nitrogen and oxygen atoms in total. The second kappa shape index (κ2) is 31.2. The van der Waals surface area contributed by atoms with Crippen LogP contribution in [-0.2, 0) is 86.0 Å². The molecule has 23 heteroatoms. The van der Waals surface area contributed by atoms with Crippen molar-refractivity contribution in [3.05, 3.63) is 133 Å². The van der Waals surface area contributed by atoms with E-state index in [0.29, 0.717) is 90.8 Å². The number of ether oxygens (including phenoxy) is 2. The van der Waals surface area contributed by atoms with Gasteiger partial charge in [0.25, 0.3) is 5.56 Å². The van der Waals surface area contributed by atoms with Crippen LogP contribution >= 0.6 is 0 Å². The first kappa shape index (κ1) is 71.1. The number of nitrogens with two attached hydrogens (primary N) is 1. The topological polar surface area (TPSA) is 303 Å². The predicted octanol–water partition coefficient (Wildman–Crippen LogP) is 7.04. The molecule has 518 valence electrons. The Labute approximate surface area is 565 Å². The molecule has 0 radical (unpaired) electrons. The number of aromatic nitrogens is 2. The number of likely N-dealkylation sites (tertiary alicyclic amines) is 1. The third kappa shape index (κ3) is 15.5. The molecule has 10 rings (SSSR count). The number of pyridine rings is 2. The lowest BCUT2D eigenvalue weighted by Crippen LogP contribution is -2.56. The minimum Gasteiger partial charge on any atom is -0.458 e. The van der Waals surface area contributed by atoms with Gasteiger partial charge < -0.3 is 61.3 Å². The van der Waals surface area contributed by atoms with E-state index in [9.17, 15) is 48.3 Å². The van der Waals surface area contributed by atoms with E-state index < -0.39 is 77.2 Å². The van der Waals surface area contributed by atoms with Gasteiger partial charge in [-0.15, -0.1) is 0 Å². The molecule has 5 aliphatic rings. The Hall–Kier alpha value is -8.67. The van der Waals surface area contributed by atoms with Crippen LogP contribution in [0.3, 0.4) is 0 Å². The SMILES string of the molecule is C=Cc1ccccc1CN(C(=O)CCNC(=O)C1CCC2(CC1)CCN(C(=O)CCOCCC(=O)N[C@H](C(=O)N[C@@H](CCCCN)C(=O)NCC(=O)N[C@H]1CCc3c(C)c(F)cc4nc5c(c1c34)Cn1c-5cc3c(c1=O)COC(=O)[C@]3(O)CC)C(C)C)CC2)c1ccccc1CC. The number of cyclic esters (lactones) is 1. The second-order valence-electron chi connectivity index (χ2n) is 27.0. The number of aliphatic hydroxyl groups is 1. The maximum Gasteiger partial charge on any atom is 0.343 e. The molecule has 0 bridgehead atoms. The number of aryl methyl sites for hydroxylation is 2. The van der Waals surface area contributed by atoms with Crippen LogP contribution in [0.5, 0.6) is 0 Å². The molecule has 4 atom stereocenters. The van der Waals surface area contributed by atoms with Gasteiger partial charge in [0.05, 0.1) is 67.8 Å². The Morgan fingerprint density at radius 3 is 2.31 bits per heavy atom. The summed E-state index contributed by atoms with van der Waals surface area (Å²) in [6.45, 7) is 14.4. The van der Waals surface area contributed by atoms with Crippen molar-refractivity contribution < 1.29 is 57.3 Å². The molecule has 2 fully saturated rings. The third-order valence-electron chi connectivity index (χ3n) is 20.7. The molecule has 0 unspecified atom stereocenters. The first-order chi connectivity index (χ1) is 46.6. The van der Waals surface area contributed by atoms with E-state index in [1.54, 1.807) is 39.8 Å².